The van der Waals surface area contributed by atoms with Crippen LogP contribution < -0.4 is 5.32 Å². The minimum atomic E-state index is 0.334. The molecule has 0 aromatic heterocycles. The number of rotatable bonds is 5. The summed E-state index contributed by atoms with van der Waals surface area (Å²) < 4.78 is 0. The molecule has 1 atom stereocenters. The summed E-state index contributed by atoms with van der Waals surface area (Å²) in [6.07, 6.45) is 6.98. The van der Waals surface area contributed by atoms with Crippen LogP contribution in [0.15, 0.2) is 18.2 Å². The standard InChI is InChI=1S/C15H21Cl2N/c1-11(13-6-7-14(16)15(17)10-13)18-9-8-12-4-2-3-5-12/h6-7,10-12,18H,2-5,8-9H2,1H3. The first-order valence-electron chi connectivity index (χ1n) is 6.85. The van der Waals surface area contributed by atoms with Gasteiger partial charge in [0.15, 0.2) is 0 Å². The van der Waals surface area contributed by atoms with Gasteiger partial charge in [-0.05, 0) is 43.5 Å². The highest BCUT2D eigenvalue weighted by molar-refractivity contribution is 6.42. The van der Waals surface area contributed by atoms with Crippen LogP contribution in [0.25, 0.3) is 0 Å². The maximum absolute atomic E-state index is 6.04. The fraction of sp³-hybridized carbons (Fsp3) is 0.600. The SMILES string of the molecule is CC(NCCC1CCCC1)c1ccc(Cl)c(Cl)c1. The normalized spacial score (nSPS) is 18.2. The Morgan fingerprint density at radius 2 is 1.94 bits per heavy atom. The highest BCUT2D eigenvalue weighted by atomic mass is 35.5. The zero-order valence-corrected chi connectivity index (χ0v) is 12.4. The van der Waals surface area contributed by atoms with Crippen molar-refractivity contribution in [2.24, 2.45) is 5.92 Å². The van der Waals surface area contributed by atoms with Crippen LogP contribution >= 0.6 is 23.2 Å². The lowest BCUT2D eigenvalue weighted by Crippen LogP contribution is -2.21. The second kappa shape index (κ2) is 6.79. The molecule has 100 valence electrons. The van der Waals surface area contributed by atoms with Gasteiger partial charge in [0, 0.05) is 6.04 Å². The van der Waals surface area contributed by atoms with Gasteiger partial charge >= 0.3 is 0 Å². The minimum Gasteiger partial charge on any atom is -0.310 e. The van der Waals surface area contributed by atoms with Crippen LogP contribution in [-0.2, 0) is 0 Å². The summed E-state index contributed by atoms with van der Waals surface area (Å²) in [6.45, 7) is 3.26. The summed E-state index contributed by atoms with van der Waals surface area (Å²) in [5, 5.41) is 4.83. The lowest BCUT2D eigenvalue weighted by Gasteiger charge is -2.16. The van der Waals surface area contributed by atoms with Gasteiger partial charge in [0.2, 0.25) is 0 Å². The lowest BCUT2D eigenvalue weighted by molar-refractivity contribution is 0.455. The summed E-state index contributed by atoms with van der Waals surface area (Å²) in [4.78, 5) is 0. The van der Waals surface area contributed by atoms with E-state index in [0.29, 0.717) is 16.1 Å². The molecular weight excluding hydrogens is 265 g/mol. The Morgan fingerprint density at radius 1 is 1.22 bits per heavy atom. The molecule has 1 fully saturated rings. The van der Waals surface area contributed by atoms with Crippen LogP contribution in [0.2, 0.25) is 10.0 Å². The van der Waals surface area contributed by atoms with Crippen molar-refractivity contribution in [2.45, 2.75) is 45.1 Å². The van der Waals surface area contributed by atoms with Gasteiger partial charge in [0.25, 0.3) is 0 Å². The van der Waals surface area contributed by atoms with E-state index in [1.54, 1.807) is 0 Å². The van der Waals surface area contributed by atoms with Gasteiger partial charge in [-0.2, -0.15) is 0 Å². The Balaban J connectivity index is 1.79. The average Bonchev–Trinajstić information content (AvgIpc) is 2.85. The maximum atomic E-state index is 6.04. The topological polar surface area (TPSA) is 12.0 Å². The fourth-order valence-electron chi connectivity index (χ4n) is 2.70. The van der Waals surface area contributed by atoms with Crippen LogP contribution in [-0.4, -0.2) is 6.54 Å². The molecule has 0 amide bonds. The van der Waals surface area contributed by atoms with Crippen molar-refractivity contribution >= 4 is 23.2 Å². The number of nitrogens with one attached hydrogen (secondary N) is 1. The zero-order valence-electron chi connectivity index (χ0n) is 10.9. The molecule has 3 heteroatoms. The van der Waals surface area contributed by atoms with Gasteiger partial charge in [0.1, 0.15) is 0 Å². The first-order valence-corrected chi connectivity index (χ1v) is 7.60. The molecule has 0 aliphatic heterocycles. The van der Waals surface area contributed by atoms with Crippen molar-refractivity contribution in [2.75, 3.05) is 6.54 Å². The van der Waals surface area contributed by atoms with Crippen LogP contribution in [0, 0.1) is 5.92 Å². The Morgan fingerprint density at radius 3 is 2.61 bits per heavy atom. The molecule has 1 aromatic rings. The zero-order chi connectivity index (χ0) is 13.0. The summed E-state index contributed by atoms with van der Waals surface area (Å²) in [6, 6.07) is 6.20. The van der Waals surface area contributed by atoms with Crippen LogP contribution in [0.5, 0.6) is 0 Å². The summed E-state index contributed by atoms with van der Waals surface area (Å²) in [5.41, 5.74) is 1.20. The highest BCUT2D eigenvalue weighted by Gasteiger charge is 2.15. The molecule has 1 aliphatic rings. The Hall–Kier alpha value is -0.240. The number of halogens is 2. The molecule has 1 nitrogen and oxygen atoms in total. The van der Waals surface area contributed by atoms with Gasteiger partial charge in [-0.1, -0.05) is 55.0 Å². The quantitative estimate of drug-likeness (QED) is 0.782. The predicted octanol–water partition coefficient (Wildman–Crippen LogP) is 5.22. The second-order valence-electron chi connectivity index (χ2n) is 5.29. The molecule has 1 aliphatic carbocycles. The van der Waals surface area contributed by atoms with Crippen molar-refractivity contribution in [3.63, 3.8) is 0 Å². The third-order valence-corrected chi connectivity index (χ3v) is 4.66. The summed E-state index contributed by atoms with van der Waals surface area (Å²) >= 11 is 12.0. The number of benzene rings is 1. The van der Waals surface area contributed by atoms with Gasteiger partial charge in [-0.3, -0.25) is 0 Å². The van der Waals surface area contributed by atoms with Crippen LogP contribution in [0.4, 0.5) is 0 Å². The lowest BCUT2D eigenvalue weighted by atomic mass is 10.0. The monoisotopic (exact) mass is 285 g/mol. The molecule has 2 rings (SSSR count). The smallest absolute Gasteiger partial charge is 0.0595 e. The number of hydrogen-bond donors (Lipinski definition) is 1. The van der Waals surface area contributed by atoms with E-state index in [1.807, 2.05) is 18.2 Å². The van der Waals surface area contributed by atoms with E-state index in [2.05, 4.69) is 12.2 Å². The molecule has 1 saturated carbocycles. The van der Waals surface area contributed by atoms with Gasteiger partial charge < -0.3 is 5.32 Å². The molecule has 18 heavy (non-hydrogen) atoms. The van der Waals surface area contributed by atoms with E-state index in [1.165, 1.54) is 37.7 Å². The molecule has 1 aromatic carbocycles. The van der Waals surface area contributed by atoms with Crippen molar-refractivity contribution in [3.05, 3.63) is 33.8 Å². The molecule has 0 spiro atoms. The predicted molar refractivity (Wildman–Crippen MR) is 79.5 cm³/mol. The van der Waals surface area contributed by atoms with Gasteiger partial charge in [-0.25, -0.2) is 0 Å². The Labute approximate surface area is 120 Å². The Kier molecular flexibility index (Phi) is 5.35. The molecule has 1 unspecified atom stereocenters. The minimum absolute atomic E-state index is 0.334. The van der Waals surface area contributed by atoms with E-state index >= 15 is 0 Å². The van der Waals surface area contributed by atoms with Crippen molar-refractivity contribution in [3.8, 4) is 0 Å². The van der Waals surface area contributed by atoms with E-state index in [0.717, 1.165) is 12.5 Å². The molecule has 0 radical (unpaired) electrons. The van der Waals surface area contributed by atoms with Gasteiger partial charge in [-0.15, -0.1) is 0 Å². The molecule has 0 bridgehead atoms. The van der Waals surface area contributed by atoms with E-state index in [-0.39, 0.29) is 0 Å². The maximum Gasteiger partial charge on any atom is 0.0595 e. The first-order chi connectivity index (χ1) is 8.66. The van der Waals surface area contributed by atoms with Gasteiger partial charge in [0.05, 0.1) is 10.0 Å². The summed E-state index contributed by atoms with van der Waals surface area (Å²) in [5.74, 6) is 0.943. The van der Waals surface area contributed by atoms with E-state index in [4.69, 9.17) is 23.2 Å². The van der Waals surface area contributed by atoms with Crippen LogP contribution in [0.3, 0.4) is 0 Å². The number of hydrogen-bond acceptors (Lipinski definition) is 1. The van der Waals surface area contributed by atoms with Crippen molar-refractivity contribution < 1.29 is 0 Å². The van der Waals surface area contributed by atoms with Crippen LogP contribution in [0.1, 0.15) is 50.6 Å². The largest absolute Gasteiger partial charge is 0.310 e. The third-order valence-electron chi connectivity index (χ3n) is 3.92. The second-order valence-corrected chi connectivity index (χ2v) is 6.10. The van der Waals surface area contributed by atoms with Crippen molar-refractivity contribution in [1.29, 1.82) is 0 Å². The Bertz CT molecular complexity index is 386. The molecule has 0 saturated heterocycles. The fourth-order valence-corrected chi connectivity index (χ4v) is 3.01. The molecule has 1 N–H and O–H groups in total. The van der Waals surface area contributed by atoms with Crippen molar-refractivity contribution in [1.82, 2.24) is 5.32 Å². The average molecular weight is 286 g/mol. The van der Waals surface area contributed by atoms with E-state index in [9.17, 15) is 0 Å². The first kappa shape index (κ1) is 14.2. The molecule has 0 heterocycles. The van der Waals surface area contributed by atoms with E-state index < -0.39 is 0 Å². The highest BCUT2D eigenvalue weighted by Crippen LogP contribution is 2.28. The summed E-state index contributed by atoms with van der Waals surface area (Å²) in [7, 11) is 0. The molecular formula is C15H21Cl2N. The third kappa shape index (κ3) is 3.88.